The Balaban J connectivity index is 1.43. The van der Waals surface area contributed by atoms with Gasteiger partial charge < -0.3 is 9.64 Å². The van der Waals surface area contributed by atoms with Crippen molar-refractivity contribution in [1.29, 1.82) is 0 Å². The molecule has 5 heteroatoms. The topological polar surface area (TPSA) is 32.8 Å². The normalized spacial score (nSPS) is 21.3. The second-order valence-electron chi connectivity index (χ2n) is 7.41. The van der Waals surface area contributed by atoms with Crippen LogP contribution < -0.4 is 0 Å². The van der Waals surface area contributed by atoms with Gasteiger partial charge in [-0.05, 0) is 42.9 Å². The molecule has 3 rings (SSSR count). The Kier molecular flexibility index (Phi) is 6.43. The fourth-order valence-corrected chi connectivity index (χ4v) is 3.87. The lowest BCUT2D eigenvalue weighted by molar-refractivity contribution is -0.137. The van der Waals surface area contributed by atoms with Gasteiger partial charge in [0.1, 0.15) is 5.82 Å². The summed E-state index contributed by atoms with van der Waals surface area (Å²) >= 11 is 0. The van der Waals surface area contributed by atoms with Crippen LogP contribution in [0.25, 0.3) is 0 Å². The minimum absolute atomic E-state index is 0.0479. The van der Waals surface area contributed by atoms with E-state index in [2.05, 4.69) is 4.90 Å². The number of ether oxygens (including phenoxy) is 1. The Bertz CT molecular complexity index is 549. The molecule has 1 aromatic carbocycles. The summed E-state index contributed by atoms with van der Waals surface area (Å²) in [6, 6.07) is 6.80. The van der Waals surface area contributed by atoms with Crippen molar-refractivity contribution in [2.75, 3.05) is 45.9 Å². The molecule has 0 aliphatic carbocycles. The van der Waals surface area contributed by atoms with Gasteiger partial charge in [-0.15, -0.1) is 0 Å². The number of rotatable bonds is 5. The van der Waals surface area contributed by atoms with Crippen LogP contribution in [0.5, 0.6) is 0 Å². The van der Waals surface area contributed by atoms with Gasteiger partial charge in [0.15, 0.2) is 0 Å². The van der Waals surface area contributed by atoms with Gasteiger partial charge in [0.2, 0.25) is 5.91 Å². The first kappa shape index (κ1) is 18.3. The molecule has 2 heterocycles. The van der Waals surface area contributed by atoms with E-state index >= 15 is 0 Å². The number of amides is 1. The number of likely N-dealkylation sites (tertiary alicyclic amines) is 1. The number of carbonyl (C=O) groups is 1. The van der Waals surface area contributed by atoms with E-state index < -0.39 is 0 Å². The molecular weight excluding hydrogens is 319 g/mol. The zero-order valence-electron chi connectivity index (χ0n) is 15.1. The van der Waals surface area contributed by atoms with Crippen LogP contribution in [0, 0.1) is 17.7 Å². The van der Waals surface area contributed by atoms with E-state index in [4.69, 9.17) is 4.74 Å². The Hall–Kier alpha value is -1.46. The molecule has 1 atom stereocenters. The molecule has 1 aromatic rings. The van der Waals surface area contributed by atoms with Crippen LogP contribution in [0.4, 0.5) is 4.39 Å². The van der Waals surface area contributed by atoms with Crippen molar-refractivity contribution in [1.82, 2.24) is 9.80 Å². The Labute approximate surface area is 149 Å². The molecule has 0 spiro atoms. The van der Waals surface area contributed by atoms with Crippen LogP contribution in [0.3, 0.4) is 0 Å². The molecule has 4 nitrogen and oxygen atoms in total. The molecule has 138 valence electrons. The van der Waals surface area contributed by atoms with E-state index in [1.54, 1.807) is 0 Å². The summed E-state index contributed by atoms with van der Waals surface area (Å²) in [5.74, 6) is 0.737. The van der Waals surface area contributed by atoms with Gasteiger partial charge in [0.25, 0.3) is 0 Å². The van der Waals surface area contributed by atoms with Gasteiger partial charge in [-0.3, -0.25) is 9.69 Å². The standard InChI is InChI=1S/C20H29FN2O2/c1-16(15-22-10-12-25-13-11-22)20(24)23-8-6-18(7-9-23)14-17-2-4-19(21)5-3-17/h2-5,16,18H,6-15H2,1H3/t16-/m1/s1. The van der Waals surface area contributed by atoms with Crippen molar-refractivity contribution in [3.05, 3.63) is 35.6 Å². The molecule has 0 unspecified atom stereocenters. The number of piperidine rings is 1. The summed E-state index contributed by atoms with van der Waals surface area (Å²) in [5, 5.41) is 0. The monoisotopic (exact) mass is 348 g/mol. The van der Waals surface area contributed by atoms with Crippen LogP contribution in [0.1, 0.15) is 25.3 Å². The number of morpholine rings is 1. The van der Waals surface area contributed by atoms with Crippen molar-refractivity contribution < 1.29 is 13.9 Å². The van der Waals surface area contributed by atoms with Crippen LogP contribution in [0.15, 0.2) is 24.3 Å². The van der Waals surface area contributed by atoms with E-state index in [1.165, 1.54) is 17.7 Å². The summed E-state index contributed by atoms with van der Waals surface area (Å²) in [6.07, 6.45) is 3.05. The minimum Gasteiger partial charge on any atom is -0.379 e. The Morgan fingerprint density at radius 1 is 1.16 bits per heavy atom. The first-order chi connectivity index (χ1) is 12.1. The molecule has 0 bridgehead atoms. The quantitative estimate of drug-likeness (QED) is 0.820. The first-order valence-electron chi connectivity index (χ1n) is 9.45. The highest BCUT2D eigenvalue weighted by molar-refractivity contribution is 5.78. The molecule has 0 saturated carbocycles. The zero-order valence-corrected chi connectivity index (χ0v) is 15.1. The van der Waals surface area contributed by atoms with Crippen molar-refractivity contribution in [3.63, 3.8) is 0 Å². The van der Waals surface area contributed by atoms with E-state index in [-0.39, 0.29) is 17.6 Å². The SMILES string of the molecule is C[C@H](CN1CCOCC1)C(=O)N1CCC(Cc2ccc(F)cc2)CC1. The maximum Gasteiger partial charge on any atom is 0.226 e. The third-order valence-electron chi connectivity index (χ3n) is 5.42. The number of nitrogens with zero attached hydrogens (tertiary/aromatic N) is 2. The van der Waals surface area contributed by atoms with Gasteiger partial charge in [-0.25, -0.2) is 4.39 Å². The van der Waals surface area contributed by atoms with Crippen LogP contribution in [0.2, 0.25) is 0 Å². The molecule has 2 aliphatic rings. The average molecular weight is 348 g/mol. The smallest absolute Gasteiger partial charge is 0.226 e. The van der Waals surface area contributed by atoms with Gasteiger partial charge in [0.05, 0.1) is 13.2 Å². The van der Waals surface area contributed by atoms with Gasteiger partial charge >= 0.3 is 0 Å². The lowest BCUT2D eigenvalue weighted by atomic mass is 9.89. The van der Waals surface area contributed by atoms with Crippen molar-refractivity contribution in [2.45, 2.75) is 26.2 Å². The van der Waals surface area contributed by atoms with E-state index in [1.807, 2.05) is 24.0 Å². The van der Waals surface area contributed by atoms with Gasteiger partial charge in [-0.1, -0.05) is 19.1 Å². The van der Waals surface area contributed by atoms with Crippen molar-refractivity contribution in [2.24, 2.45) is 11.8 Å². The number of hydrogen-bond acceptors (Lipinski definition) is 3. The second-order valence-corrected chi connectivity index (χ2v) is 7.41. The molecule has 0 aromatic heterocycles. The first-order valence-corrected chi connectivity index (χ1v) is 9.45. The average Bonchev–Trinajstić information content (AvgIpc) is 2.64. The number of benzene rings is 1. The summed E-state index contributed by atoms with van der Waals surface area (Å²) in [6.45, 7) is 7.97. The predicted octanol–water partition coefficient (Wildman–Crippen LogP) is 2.58. The van der Waals surface area contributed by atoms with E-state index in [9.17, 15) is 9.18 Å². The summed E-state index contributed by atoms with van der Waals surface area (Å²) in [4.78, 5) is 17.1. The molecule has 25 heavy (non-hydrogen) atoms. The zero-order chi connectivity index (χ0) is 17.6. The van der Waals surface area contributed by atoms with Crippen molar-refractivity contribution in [3.8, 4) is 0 Å². The van der Waals surface area contributed by atoms with E-state index in [0.717, 1.165) is 65.2 Å². The van der Waals surface area contributed by atoms with E-state index in [0.29, 0.717) is 5.92 Å². The molecular formula is C20H29FN2O2. The molecule has 1 amide bonds. The highest BCUT2D eigenvalue weighted by atomic mass is 19.1. The van der Waals surface area contributed by atoms with Crippen LogP contribution >= 0.6 is 0 Å². The fraction of sp³-hybridized carbons (Fsp3) is 0.650. The Morgan fingerprint density at radius 3 is 2.44 bits per heavy atom. The predicted molar refractivity (Wildman–Crippen MR) is 95.8 cm³/mol. The second kappa shape index (κ2) is 8.77. The lowest BCUT2D eigenvalue weighted by Gasteiger charge is -2.35. The van der Waals surface area contributed by atoms with Gasteiger partial charge in [0, 0.05) is 38.6 Å². The highest BCUT2D eigenvalue weighted by Gasteiger charge is 2.27. The van der Waals surface area contributed by atoms with Crippen molar-refractivity contribution >= 4 is 5.91 Å². The number of hydrogen-bond donors (Lipinski definition) is 0. The highest BCUT2D eigenvalue weighted by Crippen LogP contribution is 2.23. The summed E-state index contributed by atoms with van der Waals surface area (Å²) in [5.41, 5.74) is 1.19. The minimum atomic E-state index is -0.182. The van der Waals surface area contributed by atoms with Crippen LogP contribution in [-0.4, -0.2) is 61.6 Å². The Morgan fingerprint density at radius 2 is 1.80 bits per heavy atom. The summed E-state index contributed by atoms with van der Waals surface area (Å²) in [7, 11) is 0. The lowest BCUT2D eigenvalue weighted by Crippen LogP contribution is -2.46. The molecule has 2 fully saturated rings. The van der Waals surface area contributed by atoms with Crippen LogP contribution in [-0.2, 0) is 16.0 Å². The third kappa shape index (κ3) is 5.25. The maximum absolute atomic E-state index is 13.0. The number of carbonyl (C=O) groups excluding carboxylic acids is 1. The van der Waals surface area contributed by atoms with Gasteiger partial charge in [-0.2, -0.15) is 0 Å². The summed E-state index contributed by atoms with van der Waals surface area (Å²) < 4.78 is 18.4. The number of halogens is 1. The molecule has 0 radical (unpaired) electrons. The molecule has 0 N–H and O–H groups in total. The third-order valence-corrected chi connectivity index (χ3v) is 5.42. The fourth-order valence-electron chi connectivity index (χ4n) is 3.87. The molecule has 2 aliphatic heterocycles. The maximum atomic E-state index is 13.0. The molecule has 2 saturated heterocycles. The largest absolute Gasteiger partial charge is 0.379 e.